The van der Waals surface area contributed by atoms with Crippen molar-refractivity contribution < 1.29 is 29.0 Å². The summed E-state index contributed by atoms with van der Waals surface area (Å²) < 4.78 is 11.8. The van der Waals surface area contributed by atoms with Gasteiger partial charge in [0.05, 0.1) is 17.9 Å². The van der Waals surface area contributed by atoms with Crippen LogP contribution in [-0.2, 0) is 14.4 Å². The van der Waals surface area contributed by atoms with Crippen molar-refractivity contribution in [2.75, 3.05) is 25.1 Å². The van der Waals surface area contributed by atoms with Crippen LogP contribution in [0.1, 0.15) is 35.6 Å². The topological polar surface area (TPSA) is 105 Å². The smallest absolute Gasteiger partial charge is 0.305 e. The van der Waals surface area contributed by atoms with Crippen molar-refractivity contribution in [2.24, 2.45) is 0 Å². The maximum Gasteiger partial charge on any atom is 0.305 e. The zero-order valence-electron chi connectivity index (χ0n) is 20.5. The van der Waals surface area contributed by atoms with Gasteiger partial charge < -0.3 is 19.9 Å². The maximum absolute atomic E-state index is 12.7. The van der Waals surface area contributed by atoms with E-state index in [0.717, 1.165) is 34.1 Å². The largest absolute Gasteiger partial charge is 0.490 e. The Kier molecular flexibility index (Phi) is 9.11. The third-order valence-corrected chi connectivity index (χ3v) is 6.67. The van der Waals surface area contributed by atoms with E-state index in [9.17, 15) is 14.4 Å². The molecular formula is C26H28N2O6S2. The van der Waals surface area contributed by atoms with Gasteiger partial charge >= 0.3 is 5.97 Å². The predicted octanol–water partition coefficient (Wildman–Crippen LogP) is 4.70. The van der Waals surface area contributed by atoms with Crippen LogP contribution in [0.15, 0.2) is 35.2 Å². The van der Waals surface area contributed by atoms with Crippen LogP contribution < -0.4 is 14.8 Å². The molecule has 0 radical (unpaired) electrons. The summed E-state index contributed by atoms with van der Waals surface area (Å²) in [6, 6.07) is 9.16. The van der Waals surface area contributed by atoms with Crippen LogP contribution in [0.3, 0.4) is 0 Å². The molecule has 0 saturated carbocycles. The minimum Gasteiger partial charge on any atom is -0.490 e. The fraction of sp³-hybridized carbons (Fsp3) is 0.308. The fourth-order valence-electron chi connectivity index (χ4n) is 3.75. The van der Waals surface area contributed by atoms with Gasteiger partial charge in [0.1, 0.15) is 4.32 Å². The van der Waals surface area contributed by atoms with Gasteiger partial charge in [-0.05, 0) is 62.6 Å². The number of benzene rings is 2. The molecule has 1 fully saturated rings. The number of thiocarbonyl (C=S) groups is 1. The lowest BCUT2D eigenvalue weighted by molar-refractivity contribution is -0.137. The molecule has 1 heterocycles. The Hall–Kier alpha value is -3.37. The minimum absolute atomic E-state index is 0.0258. The molecular weight excluding hydrogens is 500 g/mol. The van der Waals surface area contributed by atoms with E-state index in [2.05, 4.69) is 5.32 Å². The van der Waals surface area contributed by atoms with Crippen LogP contribution in [0.2, 0.25) is 0 Å². The zero-order chi connectivity index (χ0) is 26.4. The number of ether oxygens (including phenoxy) is 2. The van der Waals surface area contributed by atoms with Gasteiger partial charge in [-0.3, -0.25) is 19.3 Å². The SMILES string of the molecule is CCOc1cc(/C=C2\SC(=S)N(CCC(=O)O)C2=O)ccc1OCC(=O)Nc1c(C)cc(C)cc1C. The Morgan fingerprint density at radius 1 is 1.11 bits per heavy atom. The highest BCUT2D eigenvalue weighted by atomic mass is 32.2. The van der Waals surface area contributed by atoms with Gasteiger partial charge in [0.2, 0.25) is 0 Å². The number of amides is 2. The number of carboxylic acids is 1. The maximum atomic E-state index is 12.7. The van der Waals surface area contributed by atoms with Crippen LogP contribution in [0.5, 0.6) is 11.5 Å². The Labute approximate surface area is 219 Å². The normalized spacial score (nSPS) is 14.3. The molecule has 1 aliphatic rings. The number of carboxylic acid groups (broad SMARTS) is 1. The quantitative estimate of drug-likeness (QED) is 0.338. The fourth-order valence-corrected chi connectivity index (χ4v) is 5.06. The molecule has 2 amide bonds. The lowest BCUT2D eigenvalue weighted by atomic mass is 10.1. The Bertz CT molecular complexity index is 1220. The summed E-state index contributed by atoms with van der Waals surface area (Å²) in [6.07, 6.45) is 1.49. The molecule has 0 aromatic heterocycles. The molecule has 0 unspecified atom stereocenters. The van der Waals surface area contributed by atoms with Crippen molar-refractivity contribution in [1.29, 1.82) is 0 Å². The van der Waals surface area contributed by atoms with Gasteiger partial charge in [0.25, 0.3) is 11.8 Å². The number of anilines is 1. The second-order valence-corrected chi connectivity index (χ2v) is 9.90. The third kappa shape index (κ3) is 6.86. The monoisotopic (exact) mass is 528 g/mol. The van der Waals surface area contributed by atoms with E-state index in [0.29, 0.717) is 32.9 Å². The standard InChI is InChI=1S/C26H28N2O6S2/c1-5-33-20-12-18(13-21-25(32)28(26(35)36-21)9-8-23(30)31)6-7-19(20)34-14-22(29)27-24-16(3)10-15(2)11-17(24)4/h6-7,10-13H,5,8-9,14H2,1-4H3,(H,27,29)(H,30,31)/b21-13-. The number of nitrogens with zero attached hydrogens (tertiary/aromatic N) is 1. The van der Waals surface area contributed by atoms with Gasteiger partial charge in [0, 0.05) is 12.2 Å². The summed E-state index contributed by atoms with van der Waals surface area (Å²) >= 11 is 6.35. The summed E-state index contributed by atoms with van der Waals surface area (Å²) in [5, 5.41) is 11.8. The molecule has 2 N–H and O–H groups in total. The van der Waals surface area contributed by atoms with Crippen LogP contribution in [0.25, 0.3) is 6.08 Å². The second-order valence-electron chi connectivity index (χ2n) is 8.23. The molecule has 10 heteroatoms. The molecule has 0 aliphatic carbocycles. The lowest BCUT2D eigenvalue weighted by Gasteiger charge is -2.15. The number of thioether (sulfide) groups is 1. The number of rotatable bonds is 10. The number of hydrogen-bond acceptors (Lipinski definition) is 7. The highest BCUT2D eigenvalue weighted by molar-refractivity contribution is 8.26. The van der Waals surface area contributed by atoms with Gasteiger partial charge in [-0.15, -0.1) is 0 Å². The van der Waals surface area contributed by atoms with E-state index in [1.165, 1.54) is 4.90 Å². The first-order valence-electron chi connectivity index (χ1n) is 11.3. The second kappa shape index (κ2) is 12.0. The summed E-state index contributed by atoms with van der Waals surface area (Å²) in [5.74, 6) is -0.786. The van der Waals surface area contributed by atoms with E-state index >= 15 is 0 Å². The molecule has 2 aromatic carbocycles. The first-order valence-corrected chi connectivity index (χ1v) is 12.6. The van der Waals surface area contributed by atoms with Crippen molar-refractivity contribution in [3.63, 3.8) is 0 Å². The van der Waals surface area contributed by atoms with Gasteiger partial charge in [-0.25, -0.2) is 0 Å². The lowest BCUT2D eigenvalue weighted by Crippen LogP contribution is -2.30. The molecule has 0 atom stereocenters. The molecule has 2 aromatic rings. The number of hydrogen-bond donors (Lipinski definition) is 2. The average molecular weight is 529 g/mol. The van der Waals surface area contributed by atoms with Crippen molar-refractivity contribution in [3.05, 3.63) is 57.5 Å². The number of aliphatic carboxylic acids is 1. The van der Waals surface area contributed by atoms with Crippen LogP contribution in [0, 0.1) is 20.8 Å². The van der Waals surface area contributed by atoms with E-state index in [1.54, 1.807) is 24.3 Å². The van der Waals surface area contributed by atoms with Crippen molar-refractivity contribution >= 4 is 57.8 Å². The zero-order valence-corrected chi connectivity index (χ0v) is 22.2. The van der Waals surface area contributed by atoms with Crippen LogP contribution >= 0.6 is 24.0 Å². The highest BCUT2D eigenvalue weighted by Crippen LogP contribution is 2.35. The molecule has 36 heavy (non-hydrogen) atoms. The summed E-state index contributed by atoms with van der Waals surface area (Å²) in [7, 11) is 0. The summed E-state index contributed by atoms with van der Waals surface area (Å²) in [5.41, 5.74) is 4.54. The van der Waals surface area contributed by atoms with Crippen molar-refractivity contribution in [3.8, 4) is 11.5 Å². The predicted molar refractivity (Wildman–Crippen MR) is 145 cm³/mol. The highest BCUT2D eigenvalue weighted by Gasteiger charge is 2.32. The molecule has 1 saturated heterocycles. The van der Waals surface area contributed by atoms with E-state index in [4.69, 9.17) is 26.8 Å². The first kappa shape index (κ1) is 27.2. The molecule has 0 bridgehead atoms. The molecule has 190 valence electrons. The van der Waals surface area contributed by atoms with Crippen molar-refractivity contribution in [2.45, 2.75) is 34.1 Å². The summed E-state index contributed by atoms with van der Waals surface area (Å²) in [6.45, 7) is 7.94. The molecule has 0 spiro atoms. The number of nitrogens with one attached hydrogen (secondary N) is 1. The number of carbonyl (C=O) groups excluding carboxylic acids is 2. The average Bonchev–Trinajstić information content (AvgIpc) is 3.06. The first-order chi connectivity index (χ1) is 17.1. The van der Waals surface area contributed by atoms with E-state index in [-0.39, 0.29) is 31.4 Å². The Morgan fingerprint density at radius 3 is 2.44 bits per heavy atom. The van der Waals surface area contributed by atoms with Crippen molar-refractivity contribution in [1.82, 2.24) is 4.90 Å². The number of aryl methyl sites for hydroxylation is 3. The third-order valence-electron chi connectivity index (χ3n) is 5.29. The van der Waals surface area contributed by atoms with Crippen LogP contribution in [0.4, 0.5) is 5.69 Å². The molecule has 1 aliphatic heterocycles. The van der Waals surface area contributed by atoms with E-state index in [1.807, 2.05) is 39.8 Å². The van der Waals surface area contributed by atoms with E-state index < -0.39 is 5.97 Å². The number of carbonyl (C=O) groups is 3. The van der Waals surface area contributed by atoms with Gasteiger partial charge in [-0.1, -0.05) is 47.7 Å². The van der Waals surface area contributed by atoms with Gasteiger partial charge in [0.15, 0.2) is 18.1 Å². The Morgan fingerprint density at radius 2 is 1.81 bits per heavy atom. The van der Waals surface area contributed by atoms with Gasteiger partial charge in [-0.2, -0.15) is 0 Å². The summed E-state index contributed by atoms with van der Waals surface area (Å²) in [4.78, 5) is 37.7. The van der Waals surface area contributed by atoms with Crippen LogP contribution in [-0.4, -0.2) is 51.9 Å². The molecule has 3 rings (SSSR count). The Balaban J connectivity index is 1.71. The molecule has 8 nitrogen and oxygen atoms in total. The minimum atomic E-state index is -0.997.